The fraction of sp³-hybridized carbons (Fsp3) is 0.154. The predicted octanol–water partition coefficient (Wildman–Crippen LogP) is 1.66. The summed E-state index contributed by atoms with van der Waals surface area (Å²) < 4.78 is 7.02. The first-order chi connectivity index (χ1) is 9.13. The van der Waals surface area contributed by atoms with Crippen LogP contribution < -0.4 is 10.4 Å². The van der Waals surface area contributed by atoms with Crippen LogP contribution in [0.1, 0.15) is 12.7 Å². The maximum atomic E-state index is 11.8. The second kappa shape index (κ2) is 5.34. The molecule has 0 atom stereocenters. The highest BCUT2D eigenvalue weighted by atomic mass is 16.6. The maximum Gasteiger partial charge on any atom is 0.444 e. The molecule has 1 aromatic heterocycles. The Morgan fingerprint density at radius 1 is 1.32 bits per heavy atom. The van der Waals surface area contributed by atoms with Crippen molar-refractivity contribution in [3.05, 3.63) is 52.7 Å². The highest BCUT2D eigenvalue weighted by molar-refractivity contribution is 5.72. The number of ether oxygens (including phenoxy) is 1. The predicted molar refractivity (Wildman–Crippen MR) is 70.0 cm³/mol. The van der Waals surface area contributed by atoms with Crippen LogP contribution in [0.4, 0.5) is 4.79 Å². The molecule has 6 nitrogen and oxygen atoms in total. The van der Waals surface area contributed by atoms with E-state index in [1.165, 1.54) is 11.6 Å². The summed E-state index contributed by atoms with van der Waals surface area (Å²) >= 11 is 0. The number of benzene rings is 1. The molecule has 0 spiro atoms. The highest BCUT2D eigenvalue weighted by Crippen LogP contribution is 2.08. The van der Waals surface area contributed by atoms with Gasteiger partial charge in [-0.2, -0.15) is 0 Å². The average Bonchev–Trinajstić information content (AvgIpc) is 2.69. The first kappa shape index (κ1) is 12.8. The van der Waals surface area contributed by atoms with E-state index in [1.54, 1.807) is 49.4 Å². The molecule has 0 bridgehead atoms. The number of hydrogen-bond donors (Lipinski definition) is 0. The quantitative estimate of drug-likeness (QED) is 0.822. The van der Waals surface area contributed by atoms with Gasteiger partial charge in [-0.25, -0.2) is 9.59 Å². The lowest BCUT2D eigenvalue weighted by Gasteiger charge is -2.01. The Bertz CT molecular complexity index is 668. The molecule has 0 aliphatic rings. The Morgan fingerprint density at radius 3 is 2.63 bits per heavy atom. The average molecular weight is 259 g/mol. The SMILES string of the molecule is CC=Cc1nn(C(=O)Oc2ccccc2)c(=O)n1C. The molecule has 6 heteroatoms. The van der Waals surface area contributed by atoms with Gasteiger partial charge in [0, 0.05) is 7.05 Å². The van der Waals surface area contributed by atoms with Crippen molar-refractivity contribution in [3.63, 3.8) is 0 Å². The minimum absolute atomic E-state index is 0.359. The molecule has 0 unspecified atom stereocenters. The highest BCUT2D eigenvalue weighted by Gasteiger charge is 2.16. The zero-order chi connectivity index (χ0) is 13.8. The second-order valence-electron chi connectivity index (χ2n) is 3.79. The minimum atomic E-state index is -0.831. The monoisotopic (exact) mass is 259 g/mol. The summed E-state index contributed by atoms with van der Waals surface area (Å²) in [5, 5.41) is 3.90. The van der Waals surface area contributed by atoms with Crippen molar-refractivity contribution in [2.24, 2.45) is 7.05 Å². The summed E-state index contributed by atoms with van der Waals surface area (Å²) in [6, 6.07) is 8.51. The van der Waals surface area contributed by atoms with Crippen molar-refractivity contribution >= 4 is 12.2 Å². The minimum Gasteiger partial charge on any atom is -0.409 e. The molecule has 0 saturated heterocycles. The van der Waals surface area contributed by atoms with Gasteiger partial charge in [-0.15, -0.1) is 9.78 Å². The van der Waals surface area contributed by atoms with Crippen LogP contribution in [0.5, 0.6) is 5.75 Å². The van der Waals surface area contributed by atoms with E-state index in [4.69, 9.17) is 4.74 Å². The molecule has 0 aliphatic heterocycles. The lowest BCUT2D eigenvalue weighted by atomic mass is 10.3. The zero-order valence-electron chi connectivity index (χ0n) is 10.6. The third-order valence-corrected chi connectivity index (χ3v) is 2.45. The molecule has 0 aliphatic carbocycles. The smallest absolute Gasteiger partial charge is 0.409 e. The molecular formula is C13H13N3O3. The Kier molecular flexibility index (Phi) is 3.61. The summed E-state index contributed by atoms with van der Waals surface area (Å²) in [5.41, 5.74) is -0.547. The molecule has 0 saturated carbocycles. The van der Waals surface area contributed by atoms with Gasteiger partial charge in [-0.05, 0) is 25.1 Å². The summed E-state index contributed by atoms with van der Waals surface area (Å²) in [4.78, 5) is 23.7. The molecule has 1 heterocycles. The Hall–Kier alpha value is -2.63. The van der Waals surface area contributed by atoms with Gasteiger partial charge in [-0.3, -0.25) is 4.57 Å². The van der Waals surface area contributed by atoms with Crippen molar-refractivity contribution in [1.29, 1.82) is 0 Å². The van der Waals surface area contributed by atoms with Crippen LogP contribution in [-0.4, -0.2) is 20.4 Å². The largest absolute Gasteiger partial charge is 0.444 e. The maximum absolute atomic E-state index is 11.8. The fourth-order valence-electron chi connectivity index (χ4n) is 1.50. The summed E-state index contributed by atoms with van der Waals surface area (Å²) in [7, 11) is 1.54. The molecule has 2 rings (SSSR count). The third-order valence-electron chi connectivity index (χ3n) is 2.45. The van der Waals surface area contributed by atoms with Gasteiger partial charge in [0.05, 0.1) is 0 Å². The van der Waals surface area contributed by atoms with Crippen molar-refractivity contribution in [2.45, 2.75) is 6.92 Å². The molecule has 0 radical (unpaired) electrons. The first-order valence-corrected chi connectivity index (χ1v) is 5.69. The van der Waals surface area contributed by atoms with E-state index >= 15 is 0 Å². The number of nitrogens with zero attached hydrogens (tertiary/aromatic N) is 3. The second-order valence-corrected chi connectivity index (χ2v) is 3.79. The van der Waals surface area contributed by atoms with E-state index in [2.05, 4.69) is 5.10 Å². The van der Waals surface area contributed by atoms with Crippen molar-refractivity contribution in [3.8, 4) is 5.75 Å². The Labute approximate surface area is 109 Å². The van der Waals surface area contributed by atoms with E-state index < -0.39 is 11.8 Å². The standard InChI is InChI=1S/C13H13N3O3/c1-3-7-11-14-16(12(17)15(11)2)13(18)19-10-8-5-4-6-9-10/h3-9H,1-2H3. The van der Waals surface area contributed by atoms with Gasteiger partial charge in [0.25, 0.3) is 0 Å². The number of para-hydroxylation sites is 1. The van der Waals surface area contributed by atoms with Crippen LogP contribution in [0.15, 0.2) is 41.2 Å². The van der Waals surface area contributed by atoms with Crippen LogP contribution in [-0.2, 0) is 7.05 Å². The van der Waals surface area contributed by atoms with Gasteiger partial charge in [-0.1, -0.05) is 24.3 Å². The number of carbonyl (C=O) groups is 1. The van der Waals surface area contributed by atoms with Gasteiger partial charge in [0.1, 0.15) is 5.75 Å². The van der Waals surface area contributed by atoms with Gasteiger partial charge in [0.15, 0.2) is 5.82 Å². The normalized spacial score (nSPS) is 10.8. The van der Waals surface area contributed by atoms with Crippen LogP contribution in [0, 0.1) is 0 Å². The number of rotatable bonds is 2. The van der Waals surface area contributed by atoms with E-state index in [-0.39, 0.29) is 0 Å². The zero-order valence-corrected chi connectivity index (χ0v) is 10.6. The van der Waals surface area contributed by atoms with Crippen molar-refractivity contribution in [1.82, 2.24) is 14.3 Å². The third kappa shape index (κ3) is 2.62. The Balaban J connectivity index is 2.30. The van der Waals surface area contributed by atoms with E-state index in [9.17, 15) is 9.59 Å². The van der Waals surface area contributed by atoms with Gasteiger partial charge < -0.3 is 4.74 Å². The van der Waals surface area contributed by atoms with E-state index in [0.29, 0.717) is 16.3 Å². The lowest BCUT2D eigenvalue weighted by molar-refractivity contribution is 0.197. The number of hydrogen-bond acceptors (Lipinski definition) is 4. The molecule has 2 aromatic rings. The van der Waals surface area contributed by atoms with Crippen LogP contribution >= 0.6 is 0 Å². The van der Waals surface area contributed by atoms with Crippen molar-refractivity contribution in [2.75, 3.05) is 0 Å². The topological polar surface area (TPSA) is 66.1 Å². The van der Waals surface area contributed by atoms with Gasteiger partial charge >= 0.3 is 11.8 Å². The molecule has 0 amide bonds. The Morgan fingerprint density at radius 2 is 2.00 bits per heavy atom. The number of aromatic nitrogens is 3. The van der Waals surface area contributed by atoms with Crippen LogP contribution in [0.2, 0.25) is 0 Å². The summed E-state index contributed by atoms with van der Waals surface area (Å²) in [5.74, 6) is 0.746. The lowest BCUT2D eigenvalue weighted by Crippen LogP contribution is -2.31. The number of allylic oxidation sites excluding steroid dienone is 1. The molecule has 1 aromatic carbocycles. The molecule has 0 N–H and O–H groups in total. The van der Waals surface area contributed by atoms with Crippen LogP contribution in [0.25, 0.3) is 6.08 Å². The summed E-state index contributed by atoms with van der Waals surface area (Å²) in [6.07, 6.45) is 2.53. The molecule has 98 valence electrons. The number of carbonyl (C=O) groups excluding carboxylic acids is 1. The van der Waals surface area contributed by atoms with Crippen molar-refractivity contribution < 1.29 is 9.53 Å². The molecule has 0 fully saturated rings. The molecule has 19 heavy (non-hydrogen) atoms. The first-order valence-electron chi connectivity index (χ1n) is 5.69. The van der Waals surface area contributed by atoms with Gasteiger partial charge in [0.2, 0.25) is 0 Å². The molecular weight excluding hydrogens is 246 g/mol. The van der Waals surface area contributed by atoms with E-state index in [1.807, 2.05) is 0 Å². The fourth-order valence-corrected chi connectivity index (χ4v) is 1.50. The summed E-state index contributed by atoms with van der Waals surface area (Å²) in [6.45, 7) is 1.80. The van der Waals surface area contributed by atoms with E-state index in [0.717, 1.165) is 0 Å². The van der Waals surface area contributed by atoms with Crippen LogP contribution in [0.3, 0.4) is 0 Å².